The first-order valence-electron chi connectivity index (χ1n) is 5.15. The Kier molecular flexibility index (Phi) is 8.02. The van der Waals surface area contributed by atoms with Gasteiger partial charge in [-0.25, -0.2) is 0 Å². The number of rotatable bonds is 7. The second-order valence-corrected chi connectivity index (χ2v) is 4.56. The average Bonchev–Trinajstić information content (AvgIpc) is 2.14. The Labute approximate surface area is 98.1 Å². The zero-order valence-electron chi connectivity index (χ0n) is 9.63. The van der Waals surface area contributed by atoms with Gasteiger partial charge in [0, 0.05) is 18.5 Å². The minimum atomic E-state index is 0.0994. The molecule has 0 rings (SSSR count). The molecule has 0 N–H and O–H groups in total. The second-order valence-electron chi connectivity index (χ2n) is 3.69. The molecule has 0 saturated heterocycles. The van der Waals surface area contributed by atoms with Crippen molar-refractivity contribution in [2.45, 2.75) is 25.3 Å². The Hall–Kier alpha value is 0.500. The number of alkyl halides is 2. The van der Waals surface area contributed by atoms with E-state index in [-0.39, 0.29) is 11.4 Å². The Bertz CT molecular complexity index is 138. The van der Waals surface area contributed by atoms with Gasteiger partial charge < -0.3 is 9.80 Å². The van der Waals surface area contributed by atoms with Crippen LogP contribution in [-0.4, -0.2) is 60.8 Å². The van der Waals surface area contributed by atoms with Gasteiger partial charge in [0.1, 0.15) is 0 Å². The first-order chi connectivity index (χ1) is 6.56. The van der Waals surface area contributed by atoms with E-state index in [1.165, 1.54) is 0 Å². The van der Waals surface area contributed by atoms with Crippen LogP contribution in [-0.2, 0) is 0 Å². The van der Waals surface area contributed by atoms with E-state index in [1.54, 1.807) is 0 Å². The van der Waals surface area contributed by atoms with Gasteiger partial charge in [0.25, 0.3) is 0 Å². The monoisotopic (exact) mass is 240 g/mol. The molecular formula is C10H22Cl2N2. The van der Waals surface area contributed by atoms with Gasteiger partial charge in [0.2, 0.25) is 0 Å². The van der Waals surface area contributed by atoms with Crippen LogP contribution in [0.4, 0.5) is 0 Å². The molecule has 0 aliphatic rings. The third-order valence-corrected chi connectivity index (χ3v) is 3.31. The summed E-state index contributed by atoms with van der Waals surface area (Å²) in [6, 6.07) is 0.249. The number of nitrogens with zero attached hydrogens (tertiary/aromatic N) is 2. The molecule has 0 amide bonds. The van der Waals surface area contributed by atoms with E-state index in [2.05, 4.69) is 23.6 Å². The maximum Gasteiger partial charge on any atom is 0.0629 e. The lowest BCUT2D eigenvalue weighted by Gasteiger charge is -2.30. The van der Waals surface area contributed by atoms with Crippen molar-refractivity contribution in [3.8, 4) is 0 Å². The summed E-state index contributed by atoms with van der Waals surface area (Å²) >= 11 is 12.2. The molecule has 0 fully saturated rings. The highest BCUT2D eigenvalue weighted by Gasteiger charge is 2.21. The van der Waals surface area contributed by atoms with Crippen molar-refractivity contribution < 1.29 is 0 Å². The van der Waals surface area contributed by atoms with Crippen molar-refractivity contribution in [2.75, 3.05) is 39.6 Å². The fourth-order valence-corrected chi connectivity index (χ4v) is 2.50. The maximum absolute atomic E-state index is 6.33. The largest absolute Gasteiger partial charge is 0.304 e. The highest BCUT2D eigenvalue weighted by Crippen LogP contribution is 2.11. The number of hydrogen-bond acceptors (Lipinski definition) is 2. The van der Waals surface area contributed by atoms with Crippen LogP contribution in [0.1, 0.15) is 13.8 Å². The third kappa shape index (κ3) is 4.83. The molecule has 0 aliphatic carbocycles. The number of hydrogen-bond donors (Lipinski definition) is 0. The minimum absolute atomic E-state index is 0.0994. The molecule has 0 aromatic heterocycles. The van der Waals surface area contributed by atoms with Crippen molar-refractivity contribution in [2.24, 2.45) is 0 Å². The molecule has 0 bridgehead atoms. The molecule has 0 spiro atoms. The van der Waals surface area contributed by atoms with Crippen LogP contribution < -0.4 is 0 Å². The first kappa shape index (κ1) is 14.5. The Morgan fingerprint density at radius 1 is 1.14 bits per heavy atom. The lowest BCUT2D eigenvalue weighted by Crippen LogP contribution is -2.44. The third-order valence-electron chi connectivity index (χ3n) is 2.57. The van der Waals surface area contributed by atoms with Crippen LogP contribution in [0.15, 0.2) is 0 Å². The SMILES string of the molecule is CCN(CC)CC(Cl)C(CCl)N(C)C. The summed E-state index contributed by atoms with van der Waals surface area (Å²) in [6.45, 7) is 7.30. The van der Waals surface area contributed by atoms with E-state index in [0.29, 0.717) is 5.88 Å². The standard InChI is InChI=1S/C10H22Cl2N2/c1-5-14(6-2)8-9(12)10(7-11)13(3)4/h9-10H,5-8H2,1-4H3. The van der Waals surface area contributed by atoms with Crippen molar-refractivity contribution >= 4 is 23.2 Å². The van der Waals surface area contributed by atoms with Gasteiger partial charge in [-0.1, -0.05) is 13.8 Å². The van der Waals surface area contributed by atoms with Gasteiger partial charge in [-0.05, 0) is 27.2 Å². The van der Waals surface area contributed by atoms with E-state index in [4.69, 9.17) is 23.2 Å². The average molecular weight is 241 g/mol. The molecule has 14 heavy (non-hydrogen) atoms. The van der Waals surface area contributed by atoms with E-state index >= 15 is 0 Å². The maximum atomic E-state index is 6.33. The summed E-state index contributed by atoms with van der Waals surface area (Å²) in [5.74, 6) is 0.586. The lowest BCUT2D eigenvalue weighted by atomic mass is 10.2. The Morgan fingerprint density at radius 3 is 1.93 bits per heavy atom. The normalized spacial score (nSPS) is 16.3. The topological polar surface area (TPSA) is 6.48 Å². The summed E-state index contributed by atoms with van der Waals surface area (Å²) < 4.78 is 0. The molecule has 86 valence electrons. The van der Waals surface area contributed by atoms with Crippen molar-refractivity contribution in [1.29, 1.82) is 0 Å². The zero-order valence-corrected chi connectivity index (χ0v) is 11.1. The summed E-state index contributed by atoms with van der Waals surface area (Å²) in [6.07, 6.45) is 0. The predicted octanol–water partition coefficient (Wildman–Crippen LogP) is 2.10. The molecule has 0 heterocycles. The van der Waals surface area contributed by atoms with Crippen molar-refractivity contribution in [3.63, 3.8) is 0 Å². The van der Waals surface area contributed by atoms with Crippen molar-refractivity contribution in [3.05, 3.63) is 0 Å². The van der Waals surface area contributed by atoms with Crippen molar-refractivity contribution in [1.82, 2.24) is 9.80 Å². The van der Waals surface area contributed by atoms with Crippen LogP contribution in [0.3, 0.4) is 0 Å². The van der Waals surface area contributed by atoms with Gasteiger partial charge in [-0.2, -0.15) is 0 Å². The molecule has 4 heteroatoms. The highest BCUT2D eigenvalue weighted by molar-refractivity contribution is 6.23. The molecule has 0 aliphatic heterocycles. The van der Waals surface area contributed by atoms with Gasteiger partial charge in [0.15, 0.2) is 0 Å². The summed E-state index contributed by atoms with van der Waals surface area (Å²) in [5, 5.41) is 0.0994. The number of halogens is 2. The quantitative estimate of drug-likeness (QED) is 0.630. The molecule has 0 saturated carbocycles. The Balaban J connectivity index is 4.08. The van der Waals surface area contributed by atoms with E-state index < -0.39 is 0 Å². The summed E-state index contributed by atoms with van der Waals surface area (Å²) in [5.41, 5.74) is 0. The van der Waals surface area contributed by atoms with Crippen LogP contribution in [0.5, 0.6) is 0 Å². The molecular weight excluding hydrogens is 219 g/mol. The van der Waals surface area contributed by atoms with Crippen LogP contribution in [0.2, 0.25) is 0 Å². The molecule has 2 nitrogen and oxygen atoms in total. The van der Waals surface area contributed by atoms with Gasteiger partial charge in [0.05, 0.1) is 5.38 Å². The molecule has 0 radical (unpaired) electrons. The molecule has 2 unspecified atom stereocenters. The molecule has 0 aromatic rings. The zero-order chi connectivity index (χ0) is 11.1. The fraction of sp³-hybridized carbons (Fsp3) is 1.00. The van der Waals surface area contributed by atoms with Crippen LogP contribution >= 0.6 is 23.2 Å². The second kappa shape index (κ2) is 7.75. The molecule has 0 aromatic carbocycles. The van der Waals surface area contributed by atoms with E-state index in [9.17, 15) is 0 Å². The van der Waals surface area contributed by atoms with Gasteiger partial charge >= 0.3 is 0 Å². The summed E-state index contributed by atoms with van der Waals surface area (Å²) in [7, 11) is 4.04. The van der Waals surface area contributed by atoms with Crippen LogP contribution in [0.25, 0.3) is 0 Å². The fourth-order valence-electron chi connectivity index (χ4n) is 1.41. The van der Waals surface area contributed by atoms with E-state index in [1.807, 2.05) is 14.1 Å². The van der Waals surface area contributed by atoms with E-state index in [0.717, 1.165) is 19.6 Å². The summed E-state index contributed by atoms with van der Waals surface area (Å²) in [4.78, 5) is 4.41. The predicted molar refractivity (Wildman–Crippen MR) is 65.6 cm³/mol. The smallest absolute Gasteiger partial charge is 0.0629 e. The Morgan fingerprint density at radius 2 is 1.64 bits per heavy atom. The highest BCUT2D eigenvalue weighted by atomic mass is 35.5. The first-order valence-corrected chi connectivity index (χ1v) is 6.12. The van der Waals surface area contributed by atoms with Gasteiger partial charge in [-0.15, -0.1) is 23.2 Å². The van der Waals surface area contributed by atoms with Gasteiger partial charge in [-0.3, -0.25) is 0 Å². The lowest BCUT2D eigenvalue weighted by molar-refractivity contribution is 0.243. The minimum Gasteiger partial charge on any atom is -0.304 e. The molecule has 2 atom stereocenters. The van der Waals surface area contributed by atoms with Crippen LogP contribution in [0, 0.1) is 0 Å².